The summed E-state index contributed by atoms with van der Waals surface area (Å²) in [4.78, 5) is 1.16. The first kappa shape index (κ1) is 17.6. The first-order valence-electron chi connectivity index (χ1n) is 6.17. The second kappa shape index (κ2) is 6.55. The van der Waals surface area contributed by atoms with E-state index < -0.39 is 30.9 Å². The van der Waals surface area contributed by atoms with Gasteiger partial charge < -0.3 is 10.2 Å². The number of rotatable bonds is 5. The third-order valence-electron chi connectivity index (χ3n) is 2.94. The van der Waals surface area contributed by atoms with Crippen LogP contribution in [0.25, 0.3) is 0 Å². The first-order valence-corrected chi connectivity index (χ1v) is 6.17. The van der Waals surface area contributed by atoms with E-state index >= 15 is 0 Å². The number of nitrogens with zero attached hydrogens (tertiary/aromatic N) is 1. The van der Waals surface area contributed by atoms with Crippen molar-refractivity contribution in [2.75, 3.05) is 25.5 Å². The summed E-state index contributed by atoms with van der Waals surface area (Å²) in [5.74, 6) is 0. The molecule has 0 aromatic heterocycles. The van der Waals surface area contributed by atoms with Crippen molar-refractivity contribution in [2.24, 2.45) is 0 Å². The second-order valence-corrected chi connectivity index (χ2v) is 4.66. The molecule has 21 heavy (non-hydrogen) atoms. The van der Waals surface area contributed by atoms with Crippen LogP contribution in [0.15, 0.2) is 18.2 Å². The summed E-state index contributed by atoms with van der Waals surface area (Å²) in [5, 5.41) is 2.63. The minimum absolute atomic E-state index is 0.0292. The molecule has 0 atom stereocenters. The van der Waals surface area contributed by atoms with Crippen LogP contribution in [0.2, 0.25) is 0 Å². The van der Waals surface area contributed by atoms with E-state index in [4.69, 9.17) is 0 Å². The van der Waals surface area contributed by atoms with Crippen LogP contribution in [-0.2, 0) is 12.7 Å². The summed E-state index contributed by atoms with van der Waals surface area (Å²) in [5.41, 5.74) is -0.683. The van der Waals surface area contributed by atoms with Crippen LogP contribution in [0.5, 0.6) is 0 Å². The van der Waals surface area contributed by atoms with Crippen molar-refractivity contribution in [3.8, 4) is 0 Å². The topological polar surface area (TPSA) is 15.3 Å². The SMILES string of the molecule is CNCc1ccc(N(C)CCC(F)(F)F)cc1C(F)(F)F. The van der Waals surface area contributed by atoms with Gasteiger partial charge in [0.1, 0.15) is 0 Å². The maximum Gasteiger partial charge on any atom is 0.416 e. The molecule has 0 radical (unpaired) electrons. The van der Waals surface area contributed by atoms with E-state index in [1.54, 1.807) is 0 Å². The van der Waals surface area contributed by atoms with E-state index in [2.05, 4.69) is 5.32 Å². The molecule has 2 nitrogen and oxygen atoms in total. The number of halogens is 6. The van der Waals surface area contributed by atoms with E-state index in [1.807, 2.05) is 0 Å². The lowest BCUT2D eigenvalue weighted by molar-refractivity contribution is -0.138. The highest BCUT2D eigenvalue weighted by molar-refractivity contribution is 5.51. The lowest BCUT2D eigenvalue weighted by Crippen LogP contribution is -2.24. The summed E-state index contributed by atoms with van der Waals surface area (Å²) in [6.45, 7) is -0.367. The van der Waals surface area contributed by atoms with E-state index in [9.17, 15) is 26.3 Å². The summed E-state index contributed by atoms with van der Waals surface area (Å²) >= 11 is 0. The van der Waals surface area contributed by atoms with E-state index in [0.717, 1.165) is 11.0 Å². The Balaban J connectivity index is 2.99. The summed E-state index contributed by atoms with van der Waals surface area (Å²) in [6, 6.07) is 3.54. The van der Waals surface area contributed by atoms with Crippen molar-refractivity contribution in [3.63, 3.8) is 0 Å². The fourth-order valence-corrected chi connectivity index (χ4v) is 1.83. The summed E-state index contributed by atoms with van der Waals surface area (Å²) in [7, 11) is 2.85. The Morgan fingerprint density at radius 3 is 2.19 bits per heavy atom. The van der Waals surface area contributed by atoms with Crippen LogP contribution in [0.1, 0.15) is 17.5 Å². The average Bonchev–Trinajstić information content (AvgIpc) is 2.34. The molecule has 0 saturated carbocycles. The molecule has 1 rings (SSSR count). The van der Waals surface area contributed by atoms with Gasteiger partial charge in [0.05, 0.1) is 12.0 Å². The molecule has 1 aromatic rings. The van der Waals surface area contributed by atoms with E-state index in [1.165, 1.54) is 26.2 Å². The largest absolute Gasteiger partial charge is 0.416 e. The van der Waals surface area contributed by atoms with Crippen molar-refractivity contribution in [2.45, 2.75) is 25.3 Å². The molecule has 0 aliphatic carbocycles. The first-order chi connectivity index (χ1) is 9.54. The van der Waals surface area contributed by atoms with Gasteiger partial charge in [-0.2, -0.15) is 26.3 Å². The zero-order valence-electron chi connectivity index (χ0n) is 11.6. The average molecular weight is 314 g/mol. The molecule has 0 aliphatic heterocycles. The molecule has 1 N–H and O–H groups in total. The predicted octanol–water partition coefficient (Wildman–Crippen LogP) is 3.81. The van der Waals surface area contributed by atoms with Gasteiger partial charge in [-0.3, -0.25) is 0 Å². The number of benzene rings is 1. The van der Waals surface area contributed by atoms with E-state index in [0.29, 0.717) is 0 Å². The van der Waals surface area contributed by atoms with Crippen LogP contribution in [0.4, 0.5) is 32.0 Å². The maximum atomic E-state index is 13.0. The Bertz CT molecular complexity index is 467. The van der Waals surface area contributed by atoms with Crippen molar-refractivity contribution in [1.29, 1.82) is 0 Å². The Morgan fingerprint density at radius 1 is 1.10 bits per heavy atom. The summed E-state index contributed by atoms with van der Waals surface area (Å²) < 4.78 is 75.3. The second-order valence-electron chi connectivity index (χ2n) is 4.66. The molecule has 0 heterocycles. The maximum absolute atomic E-state index is 13.0. The summed E-state index contributed by atoms with van der Waals surface area (Å²) in [6.07, 6.45) is -9.97. The van der Waals surface area contributed by atoms with Gasteiger partial charge in [-0.05, 0) is 24.7 Å². The van der Waals surface area contributed by atoms with Gasteiger partial charge in [0.15, 0.2) is 0 Å². The fraction of sp³-hybridized carbons (Fsp3) is 0.538. The van der Waals surface area contributed by atoms with E-state index in [-0.39, 0.29) is 17.8 Å². The van der Waals surface area contributed by atoms with Crippen LogP contribution in [0.3, 0.4) is 0 Å². The zero-order chi connectivity index (χ0) is 16.3. The molecule has 0 saturated heterocycles. The highest BCUT2D eigenvalue weighted by Gasteiger charge is 2.34. The van der Waals surface area contributed by atoms with Crippen molar-refractivity contribution < 1.29 is 26.3 Å². The number of hydrogen-bond donors (Lipinski definition) is 1. The molecule has 8 heteroatoms. The predicted molar refractivity (Wildman–Crippen MR) is 68.1 cm³/mol. The molecule has 0 amide bonds. The monoisotopic (exact) mass is 314 g/mol. The van der Waals surface area contributed by atoms with Crippen molar-refractivity contribution in [1.82, 2.24) is 5.32 Å². The molecule has 0 unspecified atom stereocenters. The molecule has 0 spiro atoms. The standard InChI is InChI=1S/C13H16F6N2/c1-20-8-9-3-4-10(7-11(9)13(17,18)19)21(2)6-5-12(14,15)16/h3-4,7,20H,5-6,8H2,1-2H3. The Kier molecular flexibility index (Phi) is 5.49. The quantitative estimate of drug-likeness (QED) is 0.831. The van der Waals surface area contributed by atoms with Crippen LogP contribution in [0, 0.1) is 0 Å². The lowest BCUT2D eigenvalue weighted by Gasteiger charge is -2.22. The van der Waals surface area contributed by atoms with Gasteiger partial charge in [-0.1, -0.05) is 6.07 Å². The highest BCUT2D eigenvalue weighted by atomic mass is 19.4. The number of anilines is 1. The minimum Gasteiger partial charge on any atom is -0.374 e. The molecule has 120 valence electrons. The highest BCUT2D eigenvalue weighted by Crippen LogP contribution is 2.34. The smallest absolute Gasteiger partial charge is 0.374 e. The minimum atomic E-state index is -4.55. The van der Waals surface area contributed by atoms with Crippen molar-refractivity contribution in [3.05, 3.63) is 29.3 Å². The van der Waals surface area contributed by atoms with Crippen LogP contribution < -0.4 is 10.2 Å². The van der Waals surface area contributed by atoms with Crippen LogP contribution >= 0.6 is 0 Å². The normalized spacial score (nSPS) is 12.6. The lowest BCUT2D eigenvalue weighted by atomic mass is 10.1. The number of nitrogens with one attached hydrogen (secondary N) is 1. The zero-order valence-corrected chi connectivity index (χ0v) is 11.6. The van der Waals surface area contributed by atoms with Gasteiger partial charge in [0, 0.05) is 25.8 Å². The van der Waals surface area contributed by atoms with Gasteiger partial charge in [-0.15, -0.1) is 0 Å². The molecular weight excluding hydrogens is 298 g/mol. The Morgan fingerprint density at radius 2 is 1.71 bits per heavy atom. The fourth-order valence-electron chi connectivity index (χ4n) is 1.83. The molecule has 0 bridgehead atoms. The Hall–Kier alpha value is -1.44. The van der Waals surface area contributed by atoms with Gasteiger partial charge in [-0.25, -0.2) is 0 Å². The van der Waals surface area contributed by atoms with Gasteiger partial charge >= 0.3 is 12.4 Å². The molecular formula is C13H16F6N2. The Labute approximate surface area is 118 Å². The van der Waals surface area contributed by atoms with Gasteiger partial charge in [0.2, 0.25) is 0 Å². The third kappa shape index (κ3) is 5.45. The third-order valence-corrected chi connectivity index (χ3v) is 2.94. The number of alkyl halides is 6. The van der Waals surface area contributed by atoms with Crippen LogP contribution in [-0.4, -0.2) is 26.8 Å². The van der Waals surface area contributed by atoms with Crippen molar-refractivity contribution >= 4 is 5.69 Å². The molecule has 0 aliphatic rings. The molecule has 1 aromatic carbocycles. The number of hydrogen-bond acceptors (Lipinski definition) is 2. The van der Waals surface area contributed by atoms with Gasteiger partial charge in [0.25, 0.3) is 0 Å². The molecule has 0 fully saturated rings.